The Morgan fingerprint density at radius 3 is 2.81 bits per heavy atom. The molecule has 1 aromatic carbocycles. The van der Waals surface area contributed by atoms with Crippen molar-refractivity contribution in [2.45, 2.75) is 0 Å². The highest BCUT2D eigenvalue weighted by Gasteiger charge is 2.09. The van der Waals surface area contributed by atoms with Crippen LogP contribution in [-0.4, -0.2) is 24.1 Å². The standard InChI is InChI=1S/C14H16N6S/c1-20(2)10-5-3-4-9(8-10)16-12-11-6-7-21-13(11)18-14(17-12)19-15/h3-8H,15H2,1-2H3,(H2,16,17,18,19). The van der Waals surface area contributed by atoms with E-state index >= 15 is 0 Å². The van der Waals surface area contributed by atoms with Crippen molar-refractivity contribution in [2.75, 3.05) is 29.7 Å². The Hall–Kier alpha value is -2.38. The van der Waals surface area contributed by atoms with Crippen molar-refractivity contribution < 1.29 is 0 Å². The van der Waals surface area contributed by atoms with Gasteiger partial charge in [-0.2, -0.15) is 4.98 Å². The summed E-state index contributed by atoms with van der Waals surface area (Å²) >= 11 is 1.55. The first-order valence-electron chi connectivity index (χ1n) is 6.43. The van der Waals surface area contributed by atoms with Crippen LogP contribution < -0.4 is 21.5 Å². The molecule has 0 aliphatic carbocycles. The van der Waals surface area contributed by atoms with Gasteiger partial charge in [0.05, 0.1) is 5.39 Å². The molecule has 0 unspecified atom stereocenters. The second kappa shape index (κ2) is 5.55. The van der Waals surface area contributed by atoms with Gasteiger partial charge < -0.3 is 10.2 Å². The van der Waals surface area contributed by atoms with Crippen molar-refractivity contribution in [1.29, 1.82) is 0 Å². The van der Waals surface area contributed by atoms with Crippen molar-refractivity contribution in [3.8, 4) is 0 Å². The second-order valence-electron chi connectivity index (χ2n) is 4.75. The Kier molecular flexibility index (Phi) is 3.59. The van der Waals surface area contributed by atoms with E-state index in [2.05, 4.69) is 37.7 Å². The van der Waals surface area contributed by atoms with Crippen LogP contribution in [0.25, 0.3) is 10.2 Å². The zero-order valence-electron chi connectivity index (χ0n) is 11.8. The van der Waals surface area contributed by atoms with Crippen LogP contribution in [0.5, 0.6) is 0 Å². The summed E-state index contributed by atoms with van der Waals surface area (Å²) in [6.07, 6.45) is 0. The molecule has 0 amide bonds. The van der Waals surface area contributed by atoms with E-state index in [0.717, 1.165) is 27.4 Å². The number of hydrogen-bond acceptors (Lipinski definition) is 7. The van der Waals surface area contributed by atoms with Gasteiger partial charge in [0.25, 0.3) is 0 Å². The van der Waals surface area contributed by atoms with Crippen LogP contribution in [0.1, 0.15) is 0 Å². The molecule has 2 aromatic heterocycles. The molecule has 4 N–H and O–H groups in total. The average Bonchev–Trinajstić information content (AvgIpc) is 2.96. The van der Waals surface area contributed by atoms with Crippen LogP contribution in [0.15, 0.2) is 35.7 Å². The van der Waals surface area contributed by atoms with Gasteiger partial charge in [-0.15, -0.1) is 11.3 Å². The molecule has 0 fully saturated rings. The van der Waals surface area contributed by atoms with E-state index in [1.807, 2.05) is 37.7 Å². The Labute approximate surface area is 126 Å². The van der Waals surface area contributed by atoms with E-state index in [9.17, 15) is 0 Å². The number of nitrogens with two attached hydrogens (primary N) is 1. The van der Waals surface area contributed by atoms with E-state index in [-0.39, 0.29) is 0 Å². The Bertz CT molecular complexity index is 767. The lowest BCUT2D eigenvalue weighted by atomic mass is 10.2. The minimum absolute atomic E-state index is 0.399. The summed E-state index contributed by atoms with van der Waals surface area (Å²) in [5.74, 6) is 6.57. The van der Waals surface area contributed by atoms with Gasteiger partial charge >= 0.3 is 0 Å². The zero-order valence-corrected chi connectivity index (χ0v) is 12.6. The third kappa shape index (κ3) is 2.74. The largest absolute Gasteiger partial charge is 0.378 e. The summed E-state index contributed by atoms with van der Waals surface area (Å²) < 4.78 is 0. The van der Waals surface area contributed by atoms with E-state index in [1.165, 1.54) is 0 Å². The summed E-state index contributed by atoms with van der Waals surface area (Å²) in [5, 5.41) is 6.30. The number of fused-ring (bicyclic) bond motifs is 1. The predicted molar refractivity (Wildman–Crippen MR) is 89.3 cm³/mol. The molecule has 108 valence electrons. The van der Waals surface area contributed by atoms with E-state index in [1.54, 1.807) is 11.3 Å². The molecule has 0 atom stereocenters. The fraction of sp³-hybridized carbons (Fsp3) is 0.143. The lowest BCUT2D eigenvalue weighted by Crippen LogP contribution is -2.11. The quantitative estimate of drug-likeness (QED) is 0.508. The van der Waals surface area contributed by atoms with Gasteiger partial charge in [-0.3, -0.25) is 5.43 Å². The monoisotopic (exact) mass is 300 g/mol. The highest BCUT2D eigenvalue weighted by Crippen LogP contribution is 2.29. The fourth-order valence-corrected chi connectivity index (χ4v) is 2.78. The van der Waals surface area contributed by atoms with Gasteiger partial charge in [0.15, 0.2) is 0 Å². The van der Waals surface area contributed by atoms with E-state index in [0.29, 0.717) is 5.95 Å². The molecule has 0 spiro atoms. The summed E-state index contributed by atoms with van der Waals surface area (Å²) in [6.45, 7) is 0. The van der Waals surface area contributed by atoms with Gasteiger partial charge in [0, 0.05) is 25.5 Å². The van der Waals surface area contributed by atoms with Gasteiger partial charge in [0.1, 0.15) is 10.6 Å². The molecule has 3 aromatic rings. The van der Waals surface area contributed by atoms with Gasteiger partial charge in [-0.05, 0) is 29.6 Å². The van der Waals surface area contributed by atoms with E-state index in [4.69, 9.17) is 5.84 Å². The molecule has 21 heavy (non-hydrogen) atoms. The number of benzene rings is 1. The highest BCUT2D eigenvalue weighted by molar-refractivity contribution is 7.16. The summed E-state index contributed by atoms with van der Waals surface area (Å²) in [5.41, 5.74) is 4.59. The molecule has 7 heteroatoms. The minimum atomic E-state index is 0.399. The SMILES string of the molecule is CN(C)c1cccc(Nc2nc(NN)nc3sccc23)c1. The summed E-state index contributed by atoms with van der Waals surface area (Å²) in [6, 6.07) is 10.1. The molecule has 0 bridgehead atoms. The van der Waals surface area contributed by atoms with E-state index < -0.39 is 0 Å². The topological polar surface area (TPSA) is 79.1 Å². The molecule has 0 aliphatic rings. The third-order valence-electron chi connectivity index (χ3n) is 3.08. The van der Waals surface area contributed by atoms with Crippen molar-refractivity contribution in [2.24, 2.45) is 5.84 Å². The van der Waals surface area contributed by atoms with Crippen LogP contribution in [0.4, 0.5) is 23.1 Å². The zero-order chi connectivity index (χ0) is 14.8. The first-order valence-corrected chi connectivity index (χ1v) is 7.31. The maximum Gasteiger partial charge on any atom is 0.240 e. The number of hydrazine groups is 1. The Balaban J connectivity index is 2.01. The second-order valence-corrected chi connectivity index (χ2v) is 5.64. The fourth-order valence-electron chi connectivity index (χ4n) is 2.01. The number of anilines is 4. The smallest absolute Gasteiger partial charge is 0.240 e. The molecule has 0 saturated heterocycles. The summed E-state index contributed by atoms with van der Waals surface area (Å²) in [7, 11) is 4.02. The van der Waals surface area contributed by atoms with Gasteiger partial charge in [-0.1, -0.05) is 6.07 Å². The van der Waals surface area contributed by atoms with Crippen molar-refractivity contribution in [3.05, 3.63) is 35.7 Å². The number of aromatic nitrogens is 2. The first kappa shape index (κ1) is 13.6. The van der Waals surface area contributed by atoms with Crippen LogP contribution >= 0.6 is 11.3 Å². The number of thiophene rings is 1. The lowest BCUT2D eigenvalue weighted by Gasteiger charge is -2.14. The number of hydrogen-bond donors (Lipinski definition) is 3. The first-order chi connectivity index (χ1) is 10.2. The number of rotatable bonds is 4. The maximum atomic E-state index is 5.43. The Morgan fingerprint density at radius 2 is 2.05 bits per heavy atom. The van der Waals surface area contributed by atoms with Crippen LogP contribution in [-0.2, 0) is 0 Å². The van der Waals surface area contributed by atoms with Gasteiger partial charge in [0.2, 0.25) is 5.95 Å². The number of nitrogens with one attached hydrogen (secondary N) is 2. The van der Waals surface area contributed by atoms with Crippen molar-refractivity contribution >= 4 is 44.7 Å². The van der Waals surface area contributed by atoms with Crippen molar-refractivity contribution in [3.63, 3.8) is 0 Å². The minimum Gasteiger partial charge on any atom is -0.378 e. The molecule has 0 radical (unpaired) electrons. The van der Waals surface area contributed by atoms with Crippen LogP contribution in [0.3, 0.4) is 0 Å². The molecule has 0 aliphatic heterocycles. The number of nitrogen functional groups attached to an aromatic ring is 1. The van der Waals surface area contributed by atoms with Crippen molar-refractivity contribution in [1.82, 2.24) is 9.97 Å². The molecular weight excluding hydrogens is 284 g/mol. The van der Waals surface area contributed by atoms with Gasteiger partial charge in [-0.25, -0.2) is 10.8 Å². The summed E-state index contributed by atoms with van der Waals surface area (Å²) in [4.78, 5) is 11.7. The highest BCUT2D eigenvalue weighted by atomic mass is 32.1. The predicted octanol–water partition coefficient (Wildman–Crippen LogP) is 2.79. The number of nitrogens with zero attached hydrogens (tertiary/aromatic N) is 3. The van der Waals surface area contributed by atoms with Crippen LogP contribution in [0, 0.1) is 0 Å². The average molecular weight is 300 g/mol. The molecule has 3 rings (SSSR count). The normalized spacial score (nSPS) is 10.6. The molecule has 0 saturated carbocycles. The lowest BCUT2D eigenvalue weighted by molar-refractivity contribution is 1.13. The van der Waals surface area contributed by atoms with Crippen LogP contribution in [0.2, 0.25) is 0 Å². The third-order valence-corrected chi connectivity index (χ3v) is 3.89. The molecule has 2 heterocycles. The molecule has 6 nitrogen and oxygen atoms in total. The Morgan fingerprint density at radius 1 is 1.19 bits per heavy atom. The maximum absolute atomic E-state index is 5.43. The molecular formula is C14H16N6S.